The molecule has 0 aliphatic heterocycles. The Bertz CT molecular complexity index is 778. The molecule has 0 aliphatic rings. The summed E-state index contributed by atoms with van der Waals surface area (Å²) in [5, 5.41) is 1.71. The largest absolute Gasteiger partial charge is 0.325 e. The number of hydrogen-bond donors (Lipinski definition) is 1. The number of aromatic nitrogens is 2. The Kier molecular flexibility index (Phi) is 3.61. The second-order valence-electron chi connectivity index (χ2n) is 4.32. The van der Waals surface area contributed by atoms with Crippen LogP contribution in [0, 0.1) is 0 Å². The monoisotopic (exact) mass is 325 g/mol. The summed E-state index contributed by atoms with van der Waals surface area (Å²) in [5.41, 5.74) is 9.07. The van der Waals surface area contributed by atoms with Gasteiger partial charge in [-0.3, -0.25) is 4.40 Å². The second-order valence-corrected chi connectivity index (χ2v) is 5.60. The second kappa shape index (κ2) is 5.26. The van der Waals surface area contributed by atoms with Gasteiger partial charge in [0.1, 0.15) is 0 Å². The molecular weight excluding hydrogens is 317 g/mol. The van der Waals surface area contributed by atoms with Crippen molar-refractivity contribution in [2.24, 2.45) is 5.73 Å². The number of pyridine rings is 1. The summed E-state index contributed by atoms with van der Waals surface area (Å²) in [6.45, 7) is 0.329. The number of nitrogens with zero attached hydrogens (tertiary/aromatic N) is 2. The van der Waals surface area contributed by atoms with E-state index in [0.29, 0.717) is 27.3 Å². The van der Waals surface area contributed by atoms with Crippen LogP contribution in [0.1, 0.15) is 5.69 Å². The third kappa shape index (κ3) is 2.27. The molecule has 0 bridgehead atoms. The number of hydrogen-bond acceptors (Lipinski definition) is 2. The fraction of sp³-hybridized carbons (Fsp3) is 0.0714. The number of halogens is 3. The van der Waals surface area contributed by atoms with Crippen molar-refractivity contribution in [3.8, 4) is 11.3 Å². The standard InChI is InChI=1S/C14H10Cl3N3/c15-9-3-1-8(2-4-9)13-12(6-18)20-7-10(16)5-11(17)14(20)19-13/h1-5,7H,6,18H2. The van der Waals surface area contributed by atoms with E-state index in [1.807, 2.05) is 28.7 Å². The van der Waals surface area contributed by atoms with Crippen LogP contribution in [-0.2, 0) is 6.54 Å². The maximum Gasteiger partial charge on any atom is 0.156 e. The molecule has 3 rings (SSSR count). The highest BCUT2D eigenvalue weighted by Crippen LogP contribution is 2.30. The predicted molar refractivity (Wildman–Crippen MR) is 83.5 cm³/mol. The van der Waals surface area contributed by atoms with Crippen molar-refractivity contribution in [1.82, 2.24) is 9.38 Å². The lowest BCUT2D eigenvalue weighted by Gasteiger charge is -2.03. The lowest BCUT2D eigenvalue weighted by Crippen LogP contribution is -2.02. The van der Waals surface area contributed by atoms with Crippen molar-refractivity contribution < 1.29 is 0 Å². The van der Waals surface area contributed by atoms with E-state index in [2.05, 4.69) is 4.98 Å². The van der Waals surface area contributed by atoms with Crippen LogP contribution in [0.2, 0.25) is 15.1 Å². The summed E-state index contributed by atoms with van der Waals surface area (Å²) in [4.78, 5) is 4.57. The van der Waals surface area contributed by atoms with Gasteiger partial charge in [-0.25, -0.2) is 4.98 Å². The fourth-order valence-electron chi connectivity index (χ4n) is 2.15. The van der Waals surface area contributed by atoms with Crippen LogP contribution in [0.15, 0.2) is 36.5 Å². The molecular formula is C14H10Cl3N3. The maximum atomic E-state index is 6.19. The summed E-state index contributed by atoms with van der Waals surface area (Å²) >= 11 is 18.1. The first-order valence-electron chi connectivity index (χ1n) is 5.92. The van der Waals surface area contributed by atoms with E-state index in [0.717, 1.165) is 17.0 Å². The van der Waals surface area contributed by atoms with E-state index in [4.69, 9.17) is 40.5 Å². The van der Waals surface area contributed by atoms with Crippen LogP contribution in [0.3, 0.4) is 0 Å². The van der Waals surface area contributed by atoms with E-state index in [9.17, 15) is 0 Å². The lowest BCUT2D eigenvalue weighted by atomic mass is 10.1. The normalized spacial score (nSPS) is 11.2. The quantitative estimate of drug-likeness (QED) is 0.757. The van der Waals surface area contributed by atoms with Crippen LogP contribution in [0.5, 0.6) is 0 Å². The van der Waals surface area contributed by atoms with Crippen molar-refractivity contribution in [3.63, 3.8) is 0 Å². The van der Waals surface area contributed by atoms with Gasteiger partial charge in [0.25, 0.3) is 0 Å². The molecule has 0 saturated carbocycles. The minimum absolute atomic E-state index is 0.329. The van der Waals surface area contributed by atoms with Gasteiger partial charge in [-0.15, -0.1) is 0 Å². The molecule has 1 aromatic carbocycles. The number of nitrogens with two attached hydrogens (primary N) is 1. The number of benzene rings is 1. The van der Waals surface area contributed by atoms with Gasteiger partial charge < -0.3 is 5.73 Å². The Morgan fingerprint density at radius 3 is 2.40 bits per heavy atom. The third-order valence-corrected chi connectivity index (χ3v) is 3.79. The molecule has 0 saturated heterocycles. The predicted octanol–water partition coefficient (Wildman–Crippen LogP) is 4.42. The first-order valence-corrected chi connectivity index (χ1v) is 7.05. The zero-order chi connectivity index (χ0) is 14.3. The highest BCUT2D eigenvalue weighted by Gasteiger charge is 2.15. The Balaban J connectivity index is 2.30. The SMILES string of the molecule is NCc1c(-c2ccc(Cl)cc2)nc2c(Cl)cc(Cl)cn12. The summed E-state index contributed by atoms with van der Waals surface area (Å²) in [7, 11) is 0. The molecule has 6 heteroatoms. The average Bonchev–Trinajstić information content (AvgIpc) is 2.78. The van der Waals surface area contributed by atoms with E-state index < -0.39 is 0 Å². The van der Waals surface area contributed by atoms with Crippen LogP contribution in [0.4, 0.5) is 0 Å². The van der Waals surface area contributed by atoms with Crippen LogP contribution >= 0.6 is 34.8 Å². The van der Waals surface area contributed by atoms with Gasteiger partial charge in [0.15, 0.2) is 5.65 Å². The minimum Gasteiger partial charge on any atom is -0.325 e. The molecule has 0 amide bonds. The van der Waals surface area contributed by atoms with Crippen molar-refractivity contribution >= 4 is 40.4 Å². The summed E-state index contributed by atoms with van der Waals surface area (Å²) in [6.07, 6.45) is 1.76. The summed E-state index contributed by atoms with van der Waals surface area (Å²) < 4.78 is 1.83. The van der Waals surface area contributed by atoms with Gasteiger partial charge in [0.05, 0.1) is 21.4 Å². The van der Waals surface area contributed by atoms with E-state index in [-0.39, 0.29) is 0 Å². The smallest absolute Gasteiger partial charge is 0.156 e. The Morgan fingerprint density at radius 1 is 1.05 bits per heavy atom. The zero-order valence-electron chi connectivity index (χ0n) is 10.3. The number of rotatable bonds is 2. The van der Waals surface area contributed by atoms with Crippen molar-refractivity contribution in [3.05, 3.63) is 57.3 Å². The van der Waals surface area contributed by atoms with Gasteiger partial charge in [0, 0.05) is 23.3 Å². The molecule has 0 unspecified atom stereocenters. The average molecular weight is 327 g/mol. The van der Waals surface area contributed by atoms with Crippen LogP contribution in [0.25, 0.3) is 16.9 Å². The summed E-state index contributed by atoms with van der Waals surface area (Å²) in [5.74, 6) is 0. The molecule has 102 valence electrons. The minimum atomic E-state index is 0.329. The van der Waals surface area contributed by atoms with Gasteiger partial charge in [-0.1, -0.05) is 46.9 Å². The number of imidazole rings is 1. The van der Waals surface area contributed by atoms with Gasteiger partial charge >= 0.3 is 0 Å². The van der Waals surface area contributed by atoms with Gasteiger partial charge in [-0.2, -0.15) is 0 Å². The fourth-order valence-corrected chi connectivity index (χ4v) is 2.79. The van der Waals surface area contributed by atoms with Crippen LogP contribution in [-0.4, -0.2) is 9.38 Å². The maximum absolute atomic E-state index is 6.19. The third-order valence-electron chi connectivity index (χ3n) is 3.05. The van der Waals surface area contributed by atoms with Crippen LogP contribution < -0.4 is 5.73 Å². The molecule has 0 atom stereocenters. The summed E-state index contributed by atoms with van der Waals surface area (Å²) in [6, 6.07) is 9.10. The van der Waals surface area contributed by atoms with Crippen molar-refractivity contribution in [1.29, 1.82) is 0 Å². The molecule has 2 N–H and O–H groups in total. The molecule has 0 spiro atoms. The van der Waals surface area contributed by atoms with Crippen molar-refractivity contribution in [2.75, 3.05) is 0 Å². The van der Waals surface area contributed by atoms with Gasteiger partial charge in [-0.05, 0) is 18.2 Å². The van der Waals surface area contributed by atoms with E-state index in [1.165, 1.54) is 0 Å². The molecule has 20 heavy (non-hydrogen) atoms. The van der Waals surface area contributed by atoms with Gasteiger partial charge in [0.2, 0.25) is 0 Å². The lowest BCUT2D eigenvalue weighted by molar-refractivity contribution is 0.962. The van der Waals surface area contributed by atoms with E-state index in [1.54, 1.807) is 12.3 Å². The Labute approximate surface area is 130 Å². The molecule has 0 aliphatic carbocycles. The molecule has 3 nitrogen and oxygen atoms in total. The molecule has 2 aromatic heterocycles. The molecule has 3 aromatic rings. The highest BCUT2D eigenvalue weighted by atomic mass is 35.5. The Hall–Kier alpha value is -1.26. The zero-order valence-corrected chi connectivity index (χ0v) is 12.5. The topological polar surface area (TPSA) is 43.3 Å². The van der Waals surface area contributed by atoms with E-state index >= 15 is 0 Å². The Morgan fingerprint density at radius 2 is 1.75 bits per heavy atom. The highest BCUT2D eigenvalue weighted by molar-refractivity contribution is 6.36. The molecule has 2 heterocycles. The molecule has 0 fully saturated rings. The first kappa shape index (κ1) is 13.7. The number of fused-ring (bicyclic) bond motifs is 1. The first-order chi connectivity index (χ1) is 9.60. The van der Waals surface area contributed by atoms with Crippen molar-refractivity contribution in [2.45, 2.75) is 6.54 Å². The molecule has 0 radical (unpaired) electrons.